The Hall–Kier alpha value is -3.26. The fourth-order valence-corrected chi connectivity index (χ4v) is 3.89. The third kappa shape index (κ3) is 3.78. The van der Waals surface area contributed by atoms with E-state index in [4.69, 9.17) is 14.2 Å². The second-order valence-corrected chi connectivity index (χ2v) is 7.86. The van der Waals surface area contributed by atoms with Gasteiger partial charge in [-0.3, -0.25) is 4.79 Å². The monoisotopic (exact) mass is 403 g/mol. The molecule has 0 saturated heterocycles. The number of hydrogen-bond donors (Lipinski definition) is 0. The number of nitriles is 1. The van der Waals surface area contributed by atoms with E-state index < -0.39 is 5.41 Å². The lowest BCUT2D eigenvalue weighted by Gasteiger charge is -2.25. The molecule has 0 fully saturated rings. The number of rotatable bonds is 6. The van der Waals surface area contributed by atoms with Crippen LogP contribution < -0.4 is 14.2 Å². The van der Waals surface area contributed by atoms with E-state index >= 15 is 0 Å². The van der Waals surface area contributed by atoms with Crippen molar-refractivity contribution in [2.45, 2.75) is 38.5 Å². The van der Waals surface area contributed by atoms with Crippen molar-refractivity contribution in [2.75, 3.05) is 19.8 Å². The summed E-state index contributed by atoms with van der Waals surface area (Å²) in [5.41, 5.74) is 3.10. The van der Waals surface area contributed by atoms with Gasteiger partial charge in [-0.05, 0) is 53.8 Å². The molecule has 1 atom stereocenters. The van der Waals surface area contributed by atoms with Crippen molar-refractivity contribution in [3.05, 3.63) is 58.7 Å². The number of ketones is 1. The van der Waals surface area contributed by atoms with Gasteiger partial charge in [0.15, 0.2) is 17.3 Å². The lowest BCUT2D eigenvalue weighted by atomic mass is 9.78. The number of carbonyl (C=O) groups excluding carboxylic acids is 1. The van der Waals surface area contributed by atoms with E-state index in [1.165, 1.54) is 0 Å². The van der Waals surface area contributed by atoms with E-state index in [0.29, 0.717) is 49.9 Å². The summed E-state index contributed by atoms with van der Waals surface area (Å²) in [4.78, 5) is 12.3. The molecule has 0 saturated carbocycles. The van der Waals surface area contributed by atoms with Crippen LogP contribution in [0.2, 0.25) is 0 Å². The maximum absolute atomic E-state index is 12.3. The zero-order valence-corrected chi connectivity index (χ0v) is 17.4. The number of para-hydroxylation sites is 1. The molecule has 0 aromatic heterocycles. The van der Waals surface area contributed by atoms with Crippen LogP contribution in [0.15, 0.2) is 42.0 Å². The molecule has 1 unspecified atom stereocenters. The number of allylic oxidation sites excluding steroid dienone is 1. The number of hydrogen-bond acceptors (Lipinski definition) is 5. The number of Topliss-reactive ketones (excluding diaryl/α,β-unsaturated/α-hetero) is 1. The van der Waals surface area contributed by atoms with Crippen LogP contribution in [-0.4, -0.2) is 25.6 Å². The number of benzene rings is 2. The van der Waals surface area contributed by atoms with Gasteiger partial charge in [0.25, 0.3) is 0 Å². The van der Waals surface area contributed by atoms with Crippen molar-refractivity contribution >= 4 is 11.9 Å². The molecule has 5 heteroatoms. The Balaban J connectivity index is 1.50. The first-order valence-corrected chi connectivity index (χ1v) is 10.3. The van der Waals surface area contributed by atoms with Crippen LogP contribution >= 0.6 is 0 Å². The molecular weight excluding hydrogens is 378 g/mol. The van der Waals surface area contributed by atoms with Crippen molar-refractivity contribution < 1.29 is 19.0 Å². The quantitative estimate of drug-likeness (QED) is 0.704. The summed E-state index contributed by atoms with van der Waals surface area (Å²) >= 11 is 0. The number of ether oxygens (including phenoxy) is 3. The van der Waals surface area contributed by atoms with E-state index in [0.717, 1.165) is 28.7 Å². The maximum atomic E-state index is 12.3. The lowest BCUT2D eigenvalue weighted by Crippen LogP contribution is -2.24. The first-order chi connectivity index (χ1) is 14.5. The summed E-state index contributed by atoms with van der Waals surface area (Å²) < 4.78 is 17.2. The van der Waals surface area contributed by atoms with Gasteiger partial charge in [0, 0.05) is 12.8 Å². The normalized spacial score (nSPS) is 16.7. The Kier molecular flexibility index (Phi) is 5.50. The van der Waals surface area contributed by atoms with E-state index in [-0.39, 0.29) is 5.78 Å². The van der Waals surface area contributed by atoms with Gasteiger partial charge in [-0.1, -0.05) is 31.2 Å². The van der Waals surface area contributed by atoms with Crippen LogP contribution in [0, 0.1) is 11.3 Å². The van der Waals surface area contributed by atoms with Crippen molar-refractivity contribution in [2.24, 2.45) is 0 Å². The van der Waals surface area contributed by atoms with Gasteiger partial charge in [0.1, 0.15) is 13.2 Å². The van der Waals surface area contributed by atoms with Crippen molar-refractivity contribution in [1.29, 1.82) is 5.26 Å². The molecule has 1 aliphatic heterocycles. The zero-order valence-electron chi connectivity index (χ0n) is 17.4. The summed E-state index contributed by atoms with van der Waals surface area (Å²) in [7, 11) is 0. The van der Waals surface area contributed by atoms with Gasteiger partial charge in [-0.15, -0.1) is 0 Å². The predicted octanol–water partition coefficient (Wildman–Crippen LogP) is 4.63. The summed E-state index contributed by atoms with van der Waals surface area (Å²) in [5.74, 6) is 2.09. The first-order valence-electron chi connectivity index (χ1n) is 10.3. The third-order valence-electron chi connectivity index (χ3n) is 5.84. The fourth-order valence-electron chi connectivity index (χ4n) is 3.89. The van der Waals surface area contributed by atoms with Crippen LogP contribution in [0.5, 0.6) is 17.2 Å². The molecule has 4 rings (SSSR count). The number of nitrogens with zero attached hydrogens (tertiary/aromatic N) is 1. The molecule has 0 N–H and O–H groups in total. The molecule has 2 aromatic rings. The van der Waals surface area contributed by atoms with Crippen LogP contribution in [0.1, 0.15) is 43.4 Å². The van der Waals surface area contributed by atoms with Crippen molar-refractivity contribution in [3.8, 4) is 23.3 Å². The van der Waals surface area contributed by atoms with Gasteiger partial charge >= 0.3 is 0 Å². The molecule has 2 aliphatic rings. The zero-order chi connectivity index (χ0) is 21.1. The maximum Gasteiger partial charge on any atom is 0.203 e. The smallest absolute Gasteiger partial charge is 0.203 e. The molecule has 0 bridgehead atoms. The average molecular weight is 403 g/mol. The minimum atomic E-state index is -0.723. The van der Waals surface area contributed by atoms with E-state index in [2.05, 4.69) is 6.07 Å². The predicted molar refractivity (Wildman–Crippen MR) is 114 cm³/mol. The highest BCUT2D eigenvalue weighted by molar-refractivity contribution is 6.03. The topological polar surface area (TPSA) is 68.6 Å². The highest BCUT2D eigenvalue weighted by Gasteiger charge is 2.29. The van der Waals surface area contributed by atoms with Crippen molar-refractivity contribution in [1.82, 2.24) is 0 Å². The minimum absolute atomic E-state index is 0.167. The third-order valence-corrected chi connectivity index (χ3v) is 5.84. The van der Waals surface area contributed by atoms with Crippen LogP contribution in [0.4, 0.5) is 0 Å². The van der Waals surface area contributed by atoms with Gasteiger partial charge in [-0.2, -0.15) is 5.26 Å². The standard InChI is InChI=1S/C25H25NO4/c1-3-17-13-18-7-8-20(14-19(18)15-21(17)27)25(2,16-26)9-10-28-22-5-4-6-23-24(22)30-12-11-29-23/h4-8,13-14H,3,9-12,15H2,1-2H3. The van der Waals surface area contributed by atoms with E-state index in [9.17, 15) is 10.1 Å². The van der Waals surface area contributed by atoms with Crippen molar-refractivity contribution in [3.63, 3.8) is 0 Å². The molecule has 0 radical (unpaired) electrons. The van der Waals surface area contributed by atoms with E-state index in [1.54, 1.807) is 0 Å². The number of fused-ring (bicyclic) bond motifs is 2. The summed E-state index contributed by atoms with van der Waals surface area (Å²) in [5, 5.41) is 9.94. The molecule has 30 heavy (non-hydrogen) atoms. The highest BCUT2D eigenvalue weighted by atomic mass is 16.6. The molecule has 0 amide bonds. The van der Waals surface area contributed by atoms with Gasteiger partial charge < -0.3 is 14.2 Å². The Bertz CT molecular complexity index is 1050. The molecule has 154 valence electrons. The van der Waals surface area contributed by atoms with Crippen LogP contribution in [0.25, 0.3) is 6.08 Å². The molecule has 2 aromatic carbocycles. The van der Waals surface area contributed by atoms with Crippen LogP contribution in [0.3, 0.4) is 0 Å². The highest BCUT2D eigenvalue weighted by Crippen LogP contribution is 2.39. The first kappa shape index (κ1) is 20.0. The molecule has 0 spiro atoms. The Morgan fingerprint density at radius 3 is 2.83 bits per heavy atom. The molecule has 1 aliphatic carbocycles. The van der Waals surface area contributed by atoms with Gasteiger partial charge in [0.2, 0.25) is 5.75 Å². The summed E-state index contributed by atoms with van der Waals surface area (Å²) in [6.45, 7) is 5.29. The van der Waals surface area contributed by atoms with Crippen LogP contribution in [-0.2, 0) is 16.6 Å². The van der Waals surface area contributed by atoms with Gasteiger partial charge in [0.05, 0.1) is 18.1 Å². The summed E-state index contributed by atoms with van der Waals surface area (Å²) in [6, 6.07) is 14.0. The Morgan fingerprint density at radius 1 is 1.20 bits per heavy atom. The molecular formula is C25H25NO4. The minimum Gasteiger partial charge on any atom is -0.489 e. The fraction of sp³-hybridized carbons (Fsp3) is 0.360. The summed E-state index contributed by atoms with van der Waals surface area (Å²) in [6.07, 6.45) is 3.62. The molecule has 1 heterocycles. The second-order valence-electron chi connectivity index (χ2n) is 7.86. The Labute approximate surface area is 176 Å². The average Bonchev–Trinajstić information content (AvgIpc) is 2.78. The van der Waals surface area contributed by atoms with E-state index in [1.807, 2.05) is 56.3 Å². The number of carbonyl (C=O) groups is 1. The second kappa shape index (κ2) is 8.23. The lowest BCUT2D eigenvalue weighted by molar-refractivity contribution is -0.115. The SMILES string of the molecule is CCC1=Cc2ccc(C(C)(C#N)CCOc3cccc4c3OCCO4)cc2CC1=O. The molecule has 5 nitrogen and oxygen atoms in total. The van der Waals surface area contributed by atoms with Gasteiger partial charge in [-0.25, -0.2) is 0 Å². The Morgan fingerprint density at radius 2 is 2.03 bits per heavy atom. The largest absolute Gasteiger partial charge is 0.489 e.